The Labute approximate surface area is 69.5 Å². The van der Waals surface area contributed by atoms with Crippen LogP contribution in [0.1, 0.15) is 0 Å². The first-order valence-electron chi connectivity index (χ1n) is 3.32. The van der Waals surface area contributed by atoms with E-state index in [2.05, 4.69) is 0 Å². The first kappa shape index (κ1) is 8.79. The van der Waals surface area contributed by atoms with Crippen LogP contribution in [0.15, 0.2) is 18.2 Å². The summed E-state index contributed by atoms with van der Waals surface area (Å²) < 4.78 is 4.83. The number of benzene rings is 1. The van der Waals surface area contributed by atoms with Gasteiger partial charge in [0.05, 0.1) is 7.11 Å². The van der Waals surface area contributed by atoms with E-state index in [1.54, 1.807) is 0 Å². The van der Waals surface area contributed by atoms with Crippen LogP contribution in [-0.2, 0) is 0 Å². The van der Waals surface area contributed by atoms with Gasteiger partial charge in [0.2, 0.25) is 5.69 Å². The lowest BCUT2D eigenvalue weighted by Gasteiger charge is -2.14. The quantitative estimate of drug-likeness (QED) is 0.419. The van der Waals surface area contributed by atoms with Gasteiger partial charge < -0.3 is 15.7 Å². The minimum atomic E-state index is -1.02. The zero-order chi connectivity index (χ0) is 9.14. The van der Waals surface area contributed by atoms with Crippen molar-refractivity contribution in [1.82, 2.24) is 0 Å². The Kier molecular flexibility index (Phi) is 2.49. The third kappa shape index (κ3) is 1.65. The van der Waals surface area contributed by atoms with Crippen molar-refractivity contribution in [3.63, 3.8) is 0 Å². The highest BCUT2D eigenvalue weighted by molar-refractivity contribution is 5.55. The van der Waals surface area contributed by atoms with Gasteiger partial charge in [0.15, 0.2) is 5.75 Å². The molecule has 0 radical (unpaired) electrons. The molecular formula is C7H10N2O3. The van der Waals surface area contributed by atoms with Crippen molar-refractivity contribution in [3.05, 3.63) is 23.4 Å². The molecule has 0 spiro atoms. The molecule has 0 amide bonds. The lowest BCUT2D eigenvalue weighted by Crippen LogP contribution is -2.99. The molecule has 0 aromatic heterocycles. The molecule has 5 heteroatoms. The van der Waals surface area contributed by atoms with Crippen molar-refractivity contribution < 1.29 is 15.2 Å². The third-order valence-electron chi connectivity index (χ3n) is 1.46. The summed E-state index contributed by atoms with van der Waals surface area (Å²) in [5.41, 5.74) is 6.03. The van der Waals surface area contributed by atoms with Crippen molar-refractivity contribution in [2.24, 2.45) is 0 Å². The molecule has 4 N–H and O–H groups in total. The predicted molar refractivity (Wildman–Crippen MR) is 43.2 cm³/mol. The van der Waals surface area contributed by atoms with Crippen LogP contribution in [0.3, 0.4) is 0 Å². The number of nitrogen functional groups attached to an aromatic ring is 1. The normalized spacial score (nSPS) is 12.6. The van der Waals surface area contributed by atoms with E-state index in [0.717, 1.165) is 0 Å². The summed E-state index contributed by atoms with van der Waals surface area (Å²) in [5.74, 6) is 0.280. The lowest BCUT2D eigenvalue weighted by atomic mass is 10.2. The summed E-state index contributed by atoms with van der Waals surface area (Å²) >= 11 is 0. The largest absolute Gasteiger partial charge is 0.595 e. The van der Waals surface area contributed by atoms with Gasteiger partial charge in [-0.05, 0) is 6.07 Å². The highest BCUT2D eigenvalue weighted by atomic mass is 16.8. The molecule has 0 aliphatic heterocycles. The van der Waals surface area contributed by atoms with Gasteiger partial charge >= 0.3 is 0 Å². The Balaban J connectivity index is 3.11. The highest BCUT2D eigenvalue weighted by Crippen LogP contribution is 2.22. The highest BCUT2D eigenvalue weighted by Gasteiger charge is 2.08. The number of anilines is 1. The molecule has 66 valence electrons. The monoisotopic (exact) mass is 170 g/mol. The molecule has 1 atom stereocenters. The molecule has 0 fully saturated rings. The molecule has 12 heavy (non-hydrogen) atoms. The van der Waals surface area contributed by atoms with E-state index >= 15 is 0 Å². The summed E-state index contributed by atoms with van der Waals surface area (Å²) in [6, 6.07) is 4.41. The summed E-state index contributed by atoms with van der Waals surface area (Å²) in [5, 5.41) is 18.2. The second-order valence-electron chi connectivity index (χ2n) is 2.26. The van der Waals surface area contributed by atoms with Crippen molar-refractivity contribution in [3.8, 4) is 5.75 Å². The van der Waals surface area contributed by atoms with E-state index in [4.69, 9.17) is 15.7 Å². The summed E-state index contributed by atoms with van der Waals surface area (Å²) in [6.07, 6.45) is 0. The zero-order valence-electron chi connectivity index (χ0n) is 6.57. The second kappa shape index (κ2) is 3.40. The SMILES string of the molecule is COc1cc(N)ccc1[NH+]([O-])O. The van der Waals surface area contributed by atoms with Gasteiger partial charge in [0.1, 0.15) is 0 Å². The Morgan fingerprint density at radius 3 is 2.75 bits per heavy atom. The molecular weight excluding hydrogens is 160 g/mol. The molecule has 0 saturated heterocycles. The van der Waals surface area contributed by atoms with Crippen LogP contribution in [0.2, 0.25) is 0 Å². The Morgan fingerprint density at radius 1 is 1.58 bits per heavy atom. The summed E-state index contributed by atoms with van der Waals surface area (Å²) in [6.45, 7) is 0. The fourth-order valence-electron chi connectivity index (χ4n) is 0.884. The van der Waals surface area contributed by atoms with Crippen LogP contribution in [0, 0.1) is 5.21 Å². The molecule has 1 rings (SSSR count). The van der Waals surface area contributed by atoms with E-state index in [0.29, 0.717) is 5.69 Å². The predicted octanol–water partition coefficient (Wildman–Crippen LogP) is -0.319. The van der Waals surface area contributed by atoms with Crippen LogP contribution < -0.4 is 15.7 Å². The van der Waals surface area contributed by atoms with Gasteiger partial charge in [-0.2, -0.15) is 5.23 Å². The molecule has 1 aromatic carbocycles. The van der Waals surface area contributed by atoms with Gasteiger partial charge in [0, 0.05) is 17.8 Å². The molecule has 0 heterocycles. The first-order valence-corrected chi connectivity index (χ1v) is 3.32. The molecule has 0 aliphatic carbocycles. The third-order valence-corrected chi connectivity index (χ3v) is 1.46. The molecule has 1 unspecified atom stereocenters. The van der Waals surface area contributed by atoms with Crippen LogP contribution in [-0.4, -0.2) is 12.3 Å². The molecule has 0 saturated carbocycles. The van der Waals surface area contributed by atoms with Gasteiger partial charge in [-0.3, -0.25) is 0 Å². The van der Waals surface area contributed by atoms with Crippen molar-refractivity contribution in [2.45, 2.75) is 0 Å². The molecule has 0 bridgehead atoms. The molecule has 5 nitrogen and oxygen atoms in total. The fraction of sp³-hybridized carbons (Fsp3) is 0.143. The van der Waals surface area contributed by atoms with E-state index in [-0.39, 0.29) is 11.4 Å². The average molecular weight is 170 g/mol. The first-order chi connectivity index (χ1) is 5.65. The number of hydrogen-bond donors (Lipinski definition) is 3. The van der Waals surface area contributed by atoms with E-state index in [1.165, 1.54) is 25.3 Å². The lowest BCUT2D eigenvalue weighted by molar-refractivity contribution is -0.991. The van der Waals surface area contributed by atoms with Gasteiger partial charge in [-0.15, -0.1) is 0 Å². The summed E-state index contributed by atoms with van der Waals surface area (Å²) in [4.78, 5) is 0. The number of ether oxygens (including phenoxy) is 1. The number of quaternary nitrogens is 1. The van der Waals surface area contributed by atoms with Crippen molar-refractivity contribution in [2.75, 3.05) is 12.8 Å². The van der Waals surface area contributed by atoms with Crippen LogP contribution in [0.4, 0.5) is 11.4 Å². The van der Waals surface area contributed by atoms with Crippen LogP contribution in [0.25, 0.3) is 0 Å². The molecule has 1 aromatic rings. The standard InChI is InChI=1S/C7H10N2O3/c1-12-7-4-5(8)2-3-6(7)9(10)11/h2-4,9-10H,8H2,1H3. The van der Waals surface area contributed by atoms with Crippen LogP contribution in [0.5, 0.6) is 5.75 Å². The maximum Gasteiger partial charge on any atom is 0.206 e. The Hall–Kier alpha value is -1.30. The topological polar surface area (TPSA) is 83.0 Å². The maximum atomic E-state index is 10.6. The van der Waals surface area contributed by atoms with Gasteiger partial charge in [-0.25, -0.2) is 5.21 Å². The Bertz CT molecular complexity index is 275. The van der Waals surface area contributed by atoms with Gasteiger partial charge in [0.25, 0.3) is 0 Å². The maximum absolute atomic E-state index is 10.6. The number of methoxy groups -OCH3 is 1. The van der Waals surface area contributed by atoms with E-state index < -0.39 is 5.23 Å². The summed E-state index contributed by atoms with van der Waals surface area (Å²) in [7, 11) is 1.40. The number of nitrogens with one attached hydrogen (secondary N) is 1. The number of hydrogen-bond acceptors (Lipinski definition) is 4. The van der Waals surface area contributed by atoms with Crippen molar-refractivity contribution >= 4 is 11.4 Å². The fourth-order valence-corrected chi connectivity index (χ4v) is 0.884. The second-order valence-corrected chi connectivity index (χ2v) is 2.26. The zero-order valence-corrected chi connectivity index (χ0v) is 6.57. The smallest absolute Gasteiger partial charge is 0.206 e. The Morgan fingerprint density at radius 2 is 2.25 bits per heavy atom. The minimum absolute atomic E-state index is 0.117. The number of nitrogens with two attached hydrogens (primary N) is 1. The van der Waals surface area contributed by atoms with Gasteiger partial charge in [-0.1, -0.05) is 0 Å². The molecule has 0 aliphatic rings. The average Bonchev–Trinajstić information content (AvgIpc) is 2.03. The van der Waals surface area contributed by atoms with E-state index in [9.17, 15) is 5.21 Å². The minimum Gasteiger partial charge on any atom is -0.595 e. The van der Waals surface area contributed by atoms with Crippen LogP contribution >= 0.6 is 0 Å². The number of rotatable bonds is 2. The van der Waals surface area contributed by atoms with E-state index in [1.807, 2.05) is 0 Å². The van der Waals surface area contributed by atoms with Crippen molar-refractivity contribution in [1.29, 1.82) is 0 Å².